The molecule has 1 aromatic rings. The first kappa shape index (κ1) is 14.5. The molecule has 0 radical (unpaired) electrons. The molecule has 0 saturated carbocycles. The van der Waals surface area contributed by atoms with E-state index in [1.807, 2.05) is 23.9 Å². The summed E-state index contributed by atoms with van der Waals surface area (Å²) >= 11 is 6.93. The van der Waals surface area contributed by atoms with Crippen molar-refractivity contribution in [1.29, 1.82) is 0 Å². The lowest BCUT2D eigenvalue weighted by Crippen LogP contribution is -2.13. The average Bonchev–Trinajstić information content (AvgIpc) is 2.28. The van der Waals surface area contributed by atoms with Crippen LogP contribution >= 0.6 is 24.0 Å². The minimum absolute atomic E-state index is 0.476. The molecule has 0 aliphatic heterocycles. The van der Waals surface area contributed by atoms with Gasteiger partial charge in [-0.05, 0) is 44.4 Å². The lowest BCUT2D eigenvalue weighted by Gasteiger charge is -2.08. The summed E-state index contributed by atoms with van der Waals surface area (Å²) in [5, 5.41) is 0. The highest BCUT2D eigenvalue weighted by Crippen LogP contribution is 2.14. The summed E-state index contributed by atoms with van der Waals surface area (Å²) in [6.45, 7) is 1.15. The summed E-state index contributed by atoms with van der Waals surface area (Å²) in [4.78, 5) is 2.69. The van der Waals surface area contributed by atoms with Crippen LogP contribution < -0.4 is 5.73 Å². The summed E-state index contributed by atoms with van der Waals surface area (Å²) < 4.78 is 0. The Morgan fingerprint density at radius 3 is 2.82 bits per heavy atom. The van der Waals surface area contributed by atoms with Gasteiger partial charge in [-0.3, -0.25) is 0 Å². The quantitative estimate of drug-likeness (QED) is 0.608. The molecule has 1 aromatic carbocycles. The highest BCUT2D eigenvalue weighted by Gasteiger charge is 1.99. The van der Waals surface area contributed by atoms with E-state index in [-0.39, 0.29) is 0 Å². The van der Waals surface area contributed by atoms with Crippen molar-refractivity contribution >= 4 is 29.0 Å². The molecule has 0 aliphatic rings. The van der Waals surface area contributed by atoms with E-state index in [2.05, 4.69) is 31.1 Å². The van der Waals surface area contributed by atoms with E-state index in [4.69, 9.17) is 18.0 Å². The van der Waals surface area contributed by atoms with Crippen LogP contribution in [0, 0.1) is 0 Å². The summed E-state index contributed by atoms with van der Waals surface area (Å²) in [6.07, 6.45) is 1.23. The number of hydrogen-bond acceptors (Lipinski definition) is 3. The molecule has 0 bridgehead atoms. The van der Waals surface area contributed by atoms with Crippen LogP contribution in [-0.4, -0.2) is 36.3 Å². The van der Waals surface area contributed by atoms with Crippen LogP contribution in [0.4, 0.5) is 0 Å². The zero-order valence-corrected chi connectivity index (χ0v) is 12.1. The molecule has 2 nitrogen and oxygen atoms in total. The number of nitrogens with two attached hydrogens (primary N) is 1. The van der Waals surface area contributed by atoms with Gasteiger partial charge in [-0.1, -0.05) is 30.4 Å². The number of thioether (sulfide) groups is 1. The van der Waals surface area contributed by atoms with Gasteiger partial charge in [0.25, 0.3) is 0 Å². The fourth-order valence-electron chi connectivity index (χ4n) is 1.49. The van der Waals surface area contributed by atoms with Gasteiger partial charge in [-0.25, -0.2) is 0 Å². The van der Waals surface area contributed by atoms with Crippen LogP contribution in [0.15, 0.2) is 24.3 Å². The predicted octanol–water partition coefficient (Wildman–Crippen LogP) is 2.51. The number of hydrogen-bond donors (Lipinski definition) is 1. The lowest BCUT2D eigenvalue weighted by atomic mass is 10.1. The van der Waals surface area contributed by atoms with Crippen molar-refractivity contribution in [1.82, 2.24) is 4.90 Å². The van der Waals surface area contributed by atoms with E-state index in [9.17, 15) is 0 Å². The Morgan fingerprint density at radius 2 is 2.18 bits per heavy atom. The van der Waals surface area contributed by atoms with E-state index in [0.717, 1.165) is 17.9 Å². The Labute approximate surface area is 114 Å². The van der Waals surface area contributed by atoms with Gasteiger partial charge in [0.1, 0.15) is 4.99 Å². The summed E-state index contributed by atoms with van der Waals surface area (Å²) in [7, 11) is 4.21. The van der Waals surface area contributed by atoms with Crippen LogP contribution in [0.5, 0.6) is 0 Å². The molecule has 0 amide bonds. The maximum absolute atomic E-state index is 5.61. The average molecular weight is 268 g/mol. The Balaban J connectivity index is 2.31. The first-order valence-electron chi connectivity index (χ1n) is 5.71. The van der Waals surface area contributed by atoms with Gasteiger partial charge in [0.15, 0.2) is 0 Å². The van der Waals surface area contributed by atoms with Crippen molar-refractivity contribution in [3.05, 3.63) is 35.4 Å². The van der Waals surface area contributed by atoms with Gasteiger partial charge < -0.3 is 10.6 Å². The van der Waals surface area contributed by atoms with Gasteiger partial charge in [-0.2, -0.15) is 11.8 Å². The standard InChI is InChI=1S/C13H20N2S2/c1-15(2)7-4-8-17-10-11-5-3-6-12(9-11)13(14)16/h3,5-6,9H,4,7-8,10H2,1-2H3,(H2,14,16). The predicted molar refractivity (Wildman–Crippen MR) is 81.7 cm³/mol. The second-order valence-corrected chi connectivity index (χ2v) is 5.82. The van der Waals surface area contributed by atoms with Crippen LogP contribution in [0.25, 0.3) is 0 Å². The molecule has 94 valence electrons. The summed E-state index contributed by atoms with van der Waals surface area (Å²) in [5.74, 6) is 2.22. The topological polar surface area (TPSA) is 29.3 Å². The third-order valence-electron chi connectivity index (χ3n) is 2.37. The fourth-order valence-corrected chi connectivity index (χ4v) is 2.51. The van der Waals surface area contributed by atoms with Crippen molar-refractivity contribution in [3.63, 3.8) is 0 Å². The zero-order chi connectivity index (χ0) is 12.7. The Kier molecular flexibility index (Phi) is 6.55. The number of benzene rings is 1. The van der Waals surface area contributed by atoms with E-state index >= 15 is 0 Å². The van der Waals surface area contributed by atoms with Gasteiger partial charge in [-0.15, -0.1) is 0 Å². The smallest absolute Gasteiger partial charge is 0.103 e. The Hall–Kier alpha value is -0.580. The third-order valence-corrected chi connectivity index (χ3v) is 3.72. The Bertz CT molecular complexity index is 364. The molecular weight excluding hydrogens is 248 g/mol. The second kappa shape index (κ2) is 7.69. The highest BCUT2D eigenvalue weighted by molar-refractivity contribution is 7.98. The van der Waals surface area contributed by atoms with Crippen molar-refractivity contribution < 1.29 is 0 Å². The van der Waals surface area contributed by atoms with Crippen LogP contribution in [0.1, 0.15) is 17.5 Å². The van der Waals surface area contributed by atoms with E-state index in [1.54, 1.807) is 0 Å². The molecule has 0 atom stereocenters. The molecule has 0 fully saturated rings. The van der Waals surface area contributed by atoms with Gasteiger partial charge >= 0.3 is 0 Å². The van der Waals surface area contributed by atoms with Crippen molar-refractivity contribution in [2.45, 2.75) is 12.2 Å². The normalized spacial score (nSPS) is 10.8. The number of nitrogens with zero attached hydrogens (tertiary/aromatic N) is 1. The number of rotatable bonds is 7. The molecule has 0 aliphatic carbocycles. The minimum Gasteiger partial charge on any atom is -0.389 e. The van der Waals surface area contributed by atoms with E-state index in [1.165, 1.54) is 17.7 Å². The lowest BCUT2D eigenvalue weighted by molar-refractivity contribution is 0.410. The maximum atomic E-state index is 5.61. The van der Waals surface area contributed by atoms with Crippen LogP contribution in [-0.2, 0) is 5.75 Å². The fraction of sp³-hybridized carbons (Fsp3) is 0.462. The SMILES string of the molecule is CN(C)CCCSCc1cccc(C(N)=S)c1. The zero-order valence-electron chi connectivity index (χ0n) is 10.5. The van der Waals surface area contributed by atoms with Crippen LogP contribution in [0.2, 0.25) is 0 Å². The monoisotopic (exact) mass is 268 g/mol. The van der Waals surface area contributed by atoms with Crippen molar-refractivity contribution in [2.24, 2.45) is 5.73 Å². The largest absolute Gasteiger partial charge is 0.389 e. The minimum atomic E-state index is 0.476. The molecule has 2 N–H and O–H groups in total. The molecule has 0 aromatic heterocycles. The molecule has 0 unspecified atom stereocenters. The summed E-state index contributed by atoms with van der Waals surface area (Å²) in [5.41, 5.74) is 7.87. The first-order chi connectivity index (χ1) is 8.09. The van der Waals surface area contributed by atoms with Gasteiger partial charge in [0, 0.05) is 11.3 Å². The maximum Gasteiger partial charge on any atom is 0.103 e. The van der Waals surface area contributed by atoms with Crippen molar-refractivity contribution in [2.75, 3.05) is 26.4 Å². The van der Waals surface area contributed by atoms with Crippen LogP contribution in [0.3, 0.4) is 0 Å². The highest BCUT2D eigenvalue weighted by atomic mass is 32.2. The van der Waals surface area contributed by atoms with Gasteiger partial charge in [0.2, 0.25) is 0 Å². The third kappa shape index (κ3) is 6.05. The Morgan fingerprint density at radius 1 is 1.41 bits per heavy atom. The van der Waals surface area contributed by atoms with Gasteiger partial charge in [0.05, 0.1) is 0 Å². The molecular formula is C13H20N2S2. The molecule has 4 heteroatoms. The number of thiocarbonyl (C=S) groups is 1. The van der Waals surface area contributed by atoms with E-state index in [0.29, 0.717) is 4.99 Å². The second-order valence-electron chi connectivity index (χ2n) is 4.27. The molecule has 1 rings (SSSR count). The molecule has 17 heavy (non-hydrogen) atoms. The first-order valence-corrected chi connectivity index (χ1v) is 7.27. The molecule has 0 heterocycles. The summed E-state index contributed by atoms with van der Waals surface area (Å²) in [6, 6.07) is 8.19. The van der Waals surface area contributed by atoms with Crippen molar-refractivity contribution in [3.8, 4) is 0 Å². The molecule has 0 spiro atoms. The van der Waals surface area contributed by atoms with E-state index < -0.39 is 0 Å². The molecule has 0 saturated heterocycles.